The molecule has 29 heavy (non-hydrogen) atoms. The minimum Gasteiger partial charge on any atom is -0.305 e. The van der Waals surface area contributed by atoms with Gasteiger partial charge in [0.15, 0.2) is 0 Å². The Bertz CT molecular complexity index is 1160. The second-order valence-electron chi connectivity index (χ2n) is 7.04. The molecule has 0 radical (unpaired) electrons. The van der Waals surface area contributed by atoms with E-state index in [1.165, 1.54) is 0 Å². The number of hydrogen-bond donors (Lipinski definition) is 1. The number of benzene rings is 1. The summed E-state index contributed by atoms with van der Waals surface area (Å²) in [5, 5.41) is 14.1. The Morgan fingerprint density at radius 2 is 2.03 bits per heavy atom. The third-order valence-corrected chi connectivity index (χ3v) is 6.53. The molecule has 0 bridgehead atoms. The van der Waals surface area contributed by atoms with Gasteiger partial charge in [-0.05, 0) is 53.0 Å². The molecule has 0 atom stereocenters. The van der Waals surface area contributed by atoms with E-state index in [9.17, 15) is 4.79 Å². The lowest BCUT2D eigenvalue weighted by Gasteiger charge is -2.10. The van der Waals surface area contributed by atoms with Crippen molar-refractivity contribution >= 4 is 39.0 Å². The largest absolute Gasteiger partial charge is 0.305 e. The van der Waals surface area contributed by atoms with Gasteiger partial charge in [-0.2, -0.15) is 10.2 Å². The Morgan fingerprint density at radius 3 is 2.76 bits per heavy atom. The minimum absolute atomic E-state index is 0.192. The Kier molecular flexibility index (Phi) is 4.81. The summed E-state index contributed by atoms with van der Waals surface area (Å²) in [7, 11) is 0. The molecule has 0 spiro atoms. The van der Waals surface area contributed by atoms with E-state index in [4.69, 9.17) is 5.10 Å². The number of amides is 1. The van der Waals surface area contributed by atoms with Crippen LogP contribution in [0.4, 0.5) is 5.82 Å². The standard InChI is InChI=1S/C21H18BrN5OS/c22-15-10-17(29-13-15)12-26-20(8-9-23-26)24-21(28)19-11-18(14-6-7-14)25-27(19)16-4-2-1-3-5-16/h1-5,8-11,13-14H,6-7,12H2,(H,24,28). The molecule has 0 unspecified atom stereocenters. The highest BCUT2D eigenvalue weighted by Crippen LogP contribution is 2.39. The zero-order chi connectivity index (χ0) is 19.8. The van der Waals surface area contributed by atoms with E-state index in [0.29, 0.717) is 24.0 Å². The fourth-order valence-corrected chi connectivity index (χ4v) is 4.67. The third-order valence-electron chi connectivity index (χ3n) is 4.84. The number of anilines is 1. The predicted molar refractivity (Wildman–Crippen MR) is 117 cm³/mol. The number of hydrogen-bond acceptors (Lipinski definition) is 4. The van der Waals surface area contributed by atoms with Crippen LogP contribution in [0.25, 0.3) is 5.69 Å². The molecule has 1 aromatic carbocycles. The van der Waals surface area contributed by atoms with Crippen LogP contribution in [0.3, 0.4) is 0 Å². The van der Waals surface area contributed by atoms with Crippen LogP contribution in [0, 0.1) is 0 Å². The average Bonchev–Trinajstić information content (AvgIpc) is 3.13. The SMILES string of the molecule is O=C(Nc1ccnn1Cc1cc(Br)cs1)c1cc(C2CC2)nn1-c1ccccc1. The van der Waals surface area contributed by atoms with Crippen LogP contribution < -0.4 is 5.32 Å². The molecule has 1 saturated carbocycles. The minimum atomic E-state index is -0.192. The molecule has 146 valence electrons. The molecule has 0 saturated heterocycles. The number of rotatable bonds is 6. The van der Waals surface area contributed by atoms with Gasteiger partial charge in [-0.15, -0.1) is 11.3 Å². The summed E-state index contributed by atoms with van der Waals surface area (Å²) in [4.78, 5) is 14.3. The molecule has 5 rings (SSSR count). The molecule has 0 aliphatic heterocycles. The van der Waals surface area contributed by atoms with E-state index < -0.39 is 0 Å². The molecule has 1 fully saturated rings. The van der Waals surface area contributed by atoms with Crippen LogP contribution in [0.2, 0.25) is 0 Å². The summed E-state index contributed by atoms with van der Waals surface area (Å²) in [5.41, 5.74) is 2.39. The topological polar surface area (TPSA) is 64.7 Å². The molecule has 4 aromatic rings. The first-order valence-corrected chi connectivity index (χ1v) is 11.1. The van der Waals surface area contributed by atoms with E-state index >= 15 is 0 Å². The first kappa shape index (κ1) is 18.3. The number of nitrogens with one attached hydrogen (secondary N) is 1. The number of nitrogens with zero attached hydrogens (tertiary/aromatic N) is 4. The third kappa shape index (κ3) is 3.90. The number of carbonyl (C=O) groups is 1. The van der Waals surface area contributed by atoms with Gasteiger partial charge in [-0.3, -0.25) is 4.79 Å². The first-order chi connectivity index (χ1) is 14.2. The van der Waals surface area contributed by atoms with Gasteiger partial charge in [0.2, 0.25) is 0 Å². The van der Waals surface area contributed by atoms with E-state index in [1.54, 1.807) is 26.9 Å². The summed E-state index contributed by atoms with van der Waals surface area (Å²) in [6.45, 7) is 0.601. The van der Waals surface area contributed by atoms with Crippen molar-refractivity contribution in [3.63, 3.8) is 0 Å². The fourth-order valence-electron chi connectivity index (χ4n) is 3.24. The van der Waals surface area contributed by atoms with Gasteiger partial charge in [0, 0.05) is 26.7 Å². The highest BCUT2D eigenvalue weighted by Gasteiger charge is 2.29. The molecule has 3 heterocycles. The Balaban J connectivity index is 1.42. The van der Waals surface area contributed by atoms with Gasteiger partial charge in [-0.25, -0.2) is 9.36 Å². The summed E-state index contributed by atoms with van der Waals surface area (Å²) < 4.78 is 4.58. The maximum absolute atomic E-state index is 13.2. The van der Waals surface area contributed by atoms with Crippen molar-refractivity contribution in [3.05, 3.63) is 80.8 Å². The summed E-state index contributed by atoms with van der Waals surface area (Å²) in [6, 6.07) is 15.6. The molecular weight excluding hydrogens is 450 g/mol. The van der Waals surface area contributed by atoms with Gasteiger partial charge in [0.1, 0.15) is 11.5 Å². The summed E-state index contributed by atoms with van der Waals surface area (Å²) in [5.74, 6) is 0.935. The second kappa shape index (κ2) is 7.61. The fraction of sp³-hybridized carbons (Fsp3) is 0.190. The van der Waals surface area contributed by atoms with Crippen molar-refractivity contribution < 1.29 is 4.79 Å². The van der Waals surface area contributed by atoms with E-state index in [2.05, 4.69) is 32.4 Å². The van der Waals surface area contributed by atoms with Crippen molar-refractivity contribution in [2.75, 3.05) is 5.32 Å². The molecule has 8 heteroatoms. The highest BCUT2D eigenvalue weighted by atomic mass is 79.9. The van der Waals surface area contributed by atoms with Gasteiger partial charge in [0.05, 0.1) is 24.1 Å². The van der Waals surface area contributed by atoms with E-state index in [0.717, 1.165) is 33.6 Å². The van der Waals surface area contributed by atoms with Crippen molar-refractivity contribution in [2.45, 2.75) is 25.3 Å². The number of aromatic nitrogens is 4. The Hall–Kier alpha value is -2.71. The van der Waals surface area contributed by atoms with Gasteiger partial charge >= 0.3 is 0 Å². The monoisotopic (exact) mass is 467 g/mol. The molecule has 1 N–H and O–H groups in total. The lowest BCUT2D eigenvalue weighted by atomic mass is 10.2. The molecular formula is C21H18BrN5OS. The van der Waals surface area contributed by atoms with Crippen LogP contribution in [0.5, 0.6) is 0 Å². The highest BCUT2D eigenvalue weighted by molar-refractivity contribution is 9.10. The van der Waals surface area contributed by atoms with Crippen LogP contribution in [0.15, 0.2) is 64.6 Å². The van der Waals surface area contributed by atoms with Crippen LogP contribution >= 0.6 is 27.3 Å². The van der Waals surface area contributed by atoms with Gasteiger partial charge in [-0.1, -0.05) is 18.2 Å². The molecule has 3 aromatic heterocycles. The second-order valence-corrected chi connectivity index (χ2v) is 8.95. The normalized spacial score (nSPS) is 13.6. The molecule has 1 aliphatic rings. The lowest BCUT2D eigenvalue weighted by molar-refractivity contribution is 0.101. The Labute approximate surface area is 180 Å². The van der Waals surface area contributed by atoms with Crippen molar-refractivity contribution in [3.8, 4) is 5.69 Å². The number of para-hydroxylation sites is 1. The quantitative estimate of drug-likeness (QED) is 0.430. The Morgan fingerprint density at radius 1 is 1.21 bits per heavy atom. The van der Waals surface area contributed by atoms with Gasteiger partial charge < -0.3 is 5.32 Å². The zero-order valence-corrected chi connectivity index (χ0v) is 17.9. The maximum atomic E-state index is 13.2. The van der Waals surface area contributed by atoms with Crippen molar-refractivity contribution in [2.24, 2.45) is 0 Å². The van der Waals surface area contributed by atoms with Crippen molar-refractivity contribution in [1.29, 1.82) is 0 Å². The smallest absolute Gasteiger partial charge is 0.275 e. The number of carbonyl (C=O) groups excluding carboxylic acids is 1. The van der Waals surface area contributed by atoms with E-state index in [-0.39, 0.29) is 5.91 Å². The average molecular weight is 468 g/mol. The van der Waals surface area contributed by atoms with Crippen LogP contribution in [-0.2, 0) is 6.54 Å². The maximum Gasteiger partial charge on any atom is 0.275 e. The number of halogens is 1. The molecule has 6 nitrogen and oxygen atoms in total. The predicted octanol–water partition coefficient (Wildman–Crippen LogP) is 5.07. The van der Waals surface area contributed by atoms with Crippen LogP contribution in [-0.4, -0.2) is 25.5 Å². The number of thiophene rings is 1. The lowest BCUT2D eigenvalue weighted by Crippen LogP contribution is -2.19. The van der Waals surface area contributed by atoms with Gasteiger partial charge in [0.25, 0.3) is 5.91 Å². The first-order valence-electron chi connectivity index (χ1n) is 9.39. The van der Waals surface area contributed by atoms with Crippen LogP contribution in [0.1, 0.15) is 39.8 Å². The molecule has 1 amide bonds. The summed E-state index contributed by atoms with van der Waals surface area (Å²) >= 11 is 5.13. The van der Waals surface area contributed by atoms with Crippen molar-refractivity contribution in [1.82, 2.24) is 19.6 Å². The van der Waals surface area contributed by atoms with E-state index in [1.807, 2.05) is 47.8 Å². The zero-order valence-electron chi connectivity index (χ0n) is 15.5. The molecule has 1 aliphatic carbocycles. The summed E-state index contributed by atoms with van der Waals surface area (Å²) in [6.07, 6.45) is 3.97.